The van der Waals surface area contributed by atoms with Crippen molar-refractivity contribution in [2.45, 2.75) is 111 Å². The molecule has 1 heterocycles. The van der Waals surface area contributed by atoms with Gasteiger partial charge in [0.2, 0.25) is 0 Å². The minimum atomic E-state index is -0.682. The molecule has 0 bridgehead atoms. The fourth-order valence-corrected chi connectivity index (χ4v) is 10.1. The molecule has 12 atom stereocenters. The van der Waals surface area contributed by atoms with Crippen molar-refractivity contribution >= 4 is 0 Å². The van der Waals surface area contributed by atoms with E-state index in [4.69, 9.17) is 0 Å². The highest BCUT2D eigenvalue weighted by atomic mass is 16.3. The van der Waals surface area contributed by atoms with Gasteiger partial charge in [-0.15, -0.1) is 0 Å². The van der Waals surface area contributed by atoms with Crippen LogP contribution in [0.15, 0.2) is 6.20 Å². The van der Waals surface area contributed by atoms with E-state index in [9.17, 15) is 15.3 Å². The number of hydrogen-bond donors (Lipinski definition) is 4. The van der Waals surface area contributed by atoms with E-state index < -0.39 is 12.2 Å². The summed E-state index contributed by atoms with van der Waals surface area (Å²) in [6.07, 6.45) is 8.67. The van der Waals surface area contributed by atoms with E-state index in [1.165, 1.54) is 12.0 Å². The molecule has 4 N–H and O–H groups in total. The predicted molar refractivity (Wildman–Crippen MR) is 139 cm³/mol. The van der Waals surface area contributed by atoms with Gasteiger partial charge >= 0.3 is 0 Å². The maximum absolute atomic E-state index is 11.6. The SMILES string of the molecule is CC[C@H](CC(O)[C@@H](C)[C@H]1CC[C@H]2[C@@H]3[C@@H](O)[C@H](O)[C@H]4Cc5[nH]ncc5C[C@]4(C)[C@H]3CC[C@]12C)C(C)C. The summed E-state index contributed by atoms with van der Waals surface area (Å²) < 4.78 is 0. The summed E-state index contributed by atoms with van der Waals surface area (Å²) in [6.45, 7) is 13.9. The monoisotopic (exact) mass is 486 g/mol. The van der Waals surface area contributed by atoms with Gasteiger partial charge in [0.1, 0.15) is 0 Å². The van der Waals surface area contributed by atoms with Crippen molar-refractivity contribution in [1.29, 1.82) is 0 Å². The Hall–Kier alpha value is -0.910. The van der Waals surface area contributed by atoms with Crippen molar-refractivity contribution < 1.29 is 15.3 Å². The van der Waals surface area contributed by atoms with Crippen LogP contribution in [0.1, 0.15) is 91.3 Å². The molecule has 1 aromatic heterocycles. The first-order valence-corrected chi connectivity index (χ1v) is 14.6. The summed E-state index contributed by atoms with van der Waals surface area (Å²) in [4.78, 5) is 0. The van der Waals surface area contributed by atoms with Crippen LogP contribution in [-0.2, 0) is 12.8 Å². The van der Waals surface area contributed by atoms with Crippen LogP contribution >= 0.6 is 0 Å². The summed E-state index contributed by atoms with van der Waals surface area (Å²) in [5.41, 5.74) is 2.57. The number of H-pyrrole nitrogens is 1. The second-order valence-corrected chi connectivity index (χ2v) is 13.9. The first-order valence-electron chi connectivity index (χ1n) is 14.6. The lowest BCUT2D eigenvalue weighted by molar-refractivity contribution is -0.208. The largest absolute Gasteiger partial charge is 0.393 e. The number of nitrogens with one attached hydrogen (secondary N) is 1. The Morgan fingerprint density at radius 1 is 1.03 bits per heavy atom. The van der Waals surface area contributed by atoms with Gasteiger partial charge < -0.3 is 15.3 Å². The molecule has 3 saturated carbocycles. The van der Waals surface area contributed by atoms with Crippen LogP contribution in [0.4, 0.5) is 0 Å². The Morgan fingerprint density at radius 3 is 2.43 bits per heavy atom. The second kappa shape index (κ2) is 9.13. The molecule has 0 aromatic carbocycles. The summed E-state index contributed by atoms with van der Waals surface area (Å²) in [7, 11) is 0. The zero-order valence-electron chi connectivity index (χ0n) is 22.9. The highest BCUT2D eigenvalue weighted by molar-refractivity contribution is 5.27. The van der Waals surface area contributed by atoms with Crippen molar-refractivity contribution in [3.05, 3.63) is 17.5 Å². The molecule has 5 nitrogen and oxygen atoms in total. The predicted octanol–water partition coefficient (Wildman–Crippen LogP) is 4.99. The van der Waals surface area contributed by atoms with Crippen LogP contribution in [0.2, 0.25) is 0 Å². The Bertz CT molecular complexity index is 900. The average Bonchev–Trinajstić information content (AvgIpc) is 3.41. The van der Waals surface area contributed by atoms with Gasteiger partial charge in [-0.05, 0) is 109 Å². The standard InChI is InChI=1S/C30H50N2O3/c1-7-18(16(2)3)12-25(33)17(4)20-8-9-21-26-22(10-11-29(20,21)5)30(6)14-19-15-31-32-24(19)13-23(30)27(34)28(26)35/h15-18,20-23,25-28,33-35H,7-14H2,1-6H3,(H,31,32)/t17-,18+,20+,21-,22-,23+,25?,26-,27+,28+,29+,30+/m0/s1. The van der Waals surface area contributed by atoms with Crippen LogP contribution in [-0.4, -0.2) is 43.8 Å². The van der Waals surface area contributed by atoms with E-state index >= 15 is 0 Å². The topological polar surface area (TPSA) is 89.4 Å². The van der Waals surface area contributed by atoms with Gasteiger partial charge in [-0.1, -0.05) is 48.0 Å². The molecule has 4 aliphatic carbocycles. The molecule has 5 rings (SSSR count). The number of aromatic amines is 1. The Balaban J connectivity index is 1.39. The van der Waals surface area contributed by atoms with Gasteiger partial charge in [0, 0.05) is 5.69 Å². The smallest absolute Gasteiger partial charge is 0.0839 e. The summed E-state index contributed by atoms with van der Waals surface area (Å²) in [5.74, 6) is 2.99. The lowest BCUT2D eigenvalue weighted by Crippen LogP contribution is -2.64. The van der Waals surface area contributed by atoms with Crippen LogP contribution in [0, 0.1) is 58.2 Å². The summed E-state index contributed by atoms with van der Waals surface area (Å²) >= 11 is 0. The van der Waals surface area contributed by atoms with Crippen molar-refractivity contribution in [2.75, 3.05) is 0 Å². The molecule has 0 radical (unpaired) electrons. The van der Waals surface area contributed by atoms with Gasteiger partial charge in [0.25, 0.3) is 0 Å². The van der Waals surface area contributed by atoms with E-state index in [0.29, 0.717) is 29.6 Å². The third kappa shape index (κ3) is 3.85. The third-order valence-corrected chi connectivity index (χ3v) is 12.3. The summed E-state index contributed by atoms with van der Waals surface area (Å²) in [6, 6.07) is 0. The van der Waals surface area contributed by atoms with Crippen molar-refractivity contribution in [2.24, 2.45) is 58.2 Å². The fourth-order valence-electron chi connectivity index (χ4n) is 10.1. The van der Waals surface area contributed by atoms with Gasteiger partial charge in [-0.25, -0.2) is 0 Å². The molecule has 0 saturated heterocycles. The highest BCUT2D eigenvalue weighted by Gasteiger charge is 2.65. The molecule has 4 aliphatic rings. The minimum Gasteiger partial charge on any atom is -0.393 e. The van der Waals surface area contributed by atoms with E-state index in [1.807, 2.05) is 6.20 Å². The molecule has 35 heavy (non-hydrogen) atoms. The lowest BCUT2D eigenvalue weighted by Gasteiger charge is -2.63. The average molecular weight is 487 g/mol. The molecule has 5 heteroatoms. The Morgan fingerprint density at radius 2 is 1.74 bits per heavy atom. The van der Waals surface area contributed by atoms with E-state index in [1.54, 1.807) is 0 Å². The summed E-state index contributed by atoms with van der Waals surface area (Å²) in [5, 5.41) is 41.8. The normalized spacial score (nSPS) is 45.3. The zero-order valence-corrected chi connectivity index (χ0v) is 22.9. The van der Waals surface area contributed by atoms with Crippen molar-refractivity contribution in [3.8, 4) is 0 Å². The Kier molecular flexibility index (Phi) is 6.71. The number of fused-ring (bicyclic) bond motifs is 6. The lowest BCUT2D eigenvalue weighted by atomic mass is 9.43. The molecular weight excluding hydrogens is 436 g/mol. The molecule has 0 aliphatic heterocycles. The molecular formula is C30H50N2O3. The highest BCUT2D eigenvalue weighted by Crippen LogP contribution is 2.68. The van der Waals surface area contributed by atoms with E-state index in [2.05, 4.69) is 51.7 Å². The zero-order chi connectivity index (χ0) is 25.3. The molecule has 3 fully saturated rings. The first kappa shape index (κ1) is 25.7. The quantitative estimate of drug-likeness (QED) is 0.456. The molecule has 1 aromatic rings. The van der Waals surface area contributed by atoms with Crippen LogP contribution in [0.3, 0.4) is 0 Å². The second-order valence-electron chi connectivity index (χ2n) is 13.9. The van der Waals surface area contributed by atoms with E-state index in [0.717, 1.165) is 50.6 Å². The third-order valence-electron chi connectivity index (χ3n) is 12.3. The number of nitrogens with zero attached hydrogens (tertiary/aromatic N) is 1. The van der Waals surface area contributed by atoms with Crippen LogP contribution in [0.5, 0.6) is 0 Å². The number of aliphatic hydroxyl groups excluding tert-OH is 3. The Labute approximate surface area is 212 Å². The molecule has 1 unspecified atom stereocenters. The number of hydrogen-bond acceptors (Lipinski definition) is 4. The molecule has 0 amide bonds. The molecule has 0 spiro atoms. The van der Waals surface area contributed by atoms with Gasteiger partial charge in [0.05, 0.1) is 24.5 Å². The van der Waals surface area contributed by atoms with E-state index in [-0.39, 0.29) is 34.7 Å². The number of aromatic nitrogens is 2. The fraction of sp³-hybridized carbons (Fsp3) is 0.900. The van der Waals surface area contributed by atoms with Crippen molar-refractivity contribution in [3.63, 3.8) is 0 Å². The van der Waals surface area contributed by atoms with Gasteiger partial charge in [-0.2, -0.15) is 5.10 Å². The maximum atomic E-state index is 11.6. The maximum Gasteiger partial charge on any atom is 0.0839 e. The van der Waals surface area contributed by atoms with Crippen LogP contribution < -0.4 is 0 Å². The van der Waals surface area contributed by atoms with Crippen LogP contribution in [0.25, 0.3) is 0 Å². The number of aliphatic hydroxyl groups is 3. The van der Waals surface area contributed by atoms with Crippen molar-refractivity contribution in [1.82, 2.24) is 10.2 Å². The first-order chi connectivity index (χ1) is 16.5. The minimum absolute atomic E-state index is 0.00363. The molecule has 198 valence electrons. The van der Waals surface area contributed by atoms with Gasteiger partial charge in [-0.3, -0.25) is 5.10 Å². The number of rotatable bonds is 6. The van der Waals surface area contributed by atoms with Gasteiger partial charge in [0.15, 0.2) is 0 Å².